The molecule has 1 aliphatic carbocycles. The van der Waals surface area contributed by atoms with Gasteiger partial charge in [0.15, 0.2) is 6.10 Å². The van der Waals surface area contributed by atoms with Crippen LogP contribution in [0.4, 0.5) is 5.69 Å². The number of halogens is 1. The van der Waals surface area contributed by atoms with Crippen LogP contribution in [0.25, 0.3) is 0 Å². The second kappa shape index (κ2) is 9.48. The summed E-state index contributed by atoms with van der Waals surface area (Å²) in [5.41, 5.74) is 1.73. The highest BCUT2D eigenvalue weighted by Crippen LogP contribution is 2.31. The lowest BCUT2D eigenvalue weighted by Crippen LogP contribution is -2.30. The van der Waals surface area contributed by atoms with Gasteiger partial charge in [0.2, 0.25) is 10.0 Å². The quantitative estimate of drug-likeness (QED) is 0.558. The summed E-state index contributed by atoms with van der Waals surface area (Å²) >= 11 is 6.08. The van der Waals surface area contributed by atoms with E-state index in [0.717, 1.165) is 18.4 Å². The van der Waals surface area contributed by atoms with E-state index in [1.54, 1.807) is 26.0 Å². The van der Waals surface area contributed by atoms with Crippen molar-refractivity contribution in [1.29, 1.82) is 0 Å². The molecular formula is C22H25ClN2O6S. The van der Waals surface area contributed by atoms with E-state index in [2.05, 4.69) is 10.0 Å². The van der Waals surface area contributed by atoms with Crippen molar-refractivity contribution >= 4 is 39.2 Å². The Bertz CT molecular complexity index is 1160. The smallest absolute Gasteiger partial charge is 0.339 e. The average molecular weight is 481 g/mol. The monoisotopic (exact) mass is 480 g/mol. The predicted octanol–water partition coefficient (Wildman–Crippen LogP) is 3.59. The van der Waals surface area contributed by atoms with Gasteiger partial charge in [-0.2, -0.15) is 0 Å². The molecule has 2 aromatic carbocycles. The Labute approximate surface area is 192 Å². The van der Waals surface area contributed by atoms with Gasteiger partial charge in [0.1, 0.15) is 5.75 Å². The van der Waals surface area contributed by atoms with Gasteiger partial charge in [-0.05, 0) is 62.9 Å². The van der Waals surface area contributed by atoms with Crippen LogP contribution in [0.15, 0.2) is 35.2 Å². The number of methoxy groups -OCH3 is 1. The number of hydrogen-bond acceptors (Lipinski definition) is 6. The lowest BCUT2D eigenvalue weighted by Gasteiger charge is -2.17. The molecule has 2 aromatic rings. The fraction of sp³-hybridized carbons (Fsp3) is 0.364. The minimum Gasteiger partial charge on any atom is -0.495 e. The fourth-order valence-electron chi connectivity index (χ4n) is 2.92. The van der Waals surface area contributed by atoms with Gasteiger partial charge in [0, 0.05) is 17.1 Å². The molecule has 1 atom stereocenters. The number of rotatable bonds is 8. The lowest BCUT2D eigenvalue weighted by atomic mass is 10.1. The van der Waals surface area contributed by atoms with Crippen LogP contribution in [-0.2, 0) is 19.6 Å². The second-order valence-electron chi connectivity index (χ2n) is 7.71. The van der Waals surface area contributed by atoms with Crippen LogP contribution in [0.2, 0.25) is 5.02 Å². The van der Waals surface area contributed by atoms with Gasteiger partial charge < -0.3 is 14.8 Å². The molecule has 1 aliphatic rings. The number of carbonyl (C=O) groups excluding carboxylic acids is 2. The Hall–Kier alpha value is -2.62. The van der Waals surface area contributed by atoms with Gasteiger partial charge in [-0.3, -0.25) is 4.79 Å². The first-order valence-corrected chi connectivity index (χ1v) is 11.9. The van der Waals surface area contributed by atoms with Crippen molar-refractivity contribution in [2.45, 2.75) is 50.7 Å². The summed E-state index contributed by atoms with van der Waals surface area (Å²) in [6, 6.07) is 7.40. The van der Waals surface area contributed by atoms with Gasteiger partial charge in [-0.25, -0.2) is 17.9 Å². The molecule has 32 heavy (non-hydrogen) atoms. The second-order valence-corrected chi connectivity index (χ2v) is 9.83. The number of benzene rings is 2. The van der Waals surface area contributed by atoms with Gasteiger partial charge in [0.25, 0.3) is 5.91 Å². The number of ether oxygens (including phenoxy) is 2. The number of nitrogens with one attached hydrogen (secondary N) is 2. The van der Waals surface area contributed by atoms with E-state index in [1.165, 1.54) is 32.2 Å². The summed E-state index contributed by atoms with van der Waals surface area (Å²) in [6.45, 7) is 4.86. The van der Waals surface area contributed by atoms with Gasteiger partial charge in [0.05, 0.1) is 23.3 Å². The molecular weight excluding hydrogens is 456 g/mol. The van der Waals surface area contributed by atoms with Crippen molar-refractivity contribution in [3.8, 4) is 5.75 Å². The van der Waals surface area contributed by atoms with E-state index in [-0.39, 0.29) is 16.5 Å². The summed E-state index contributed by atoms with van der Waals surface area (Å²) < 4.78 is 38.0. The third kappa shape index (κ3) is 5.59. The maximum absolute atomic E-state index is 12.7. The first kappa shape index (κ1) is 24.0. The van der Waals surface area contributed by atoms with E-state index in [9.17, 15) is 18.0 Å². The van der Waals surface area contributed by atoms with Crippen LogP contribution in [0.5, 0.6) is 5.75 Å². The summed E-state index contributed by atoms with van der Waals surface area (Å²) in [7, 11) is -2.29. The topological polar surface area (TPSA) is 111 Å². The number of hydrogen-bond donors (Lipinski definition) is 2. The van der Waals surface area contributed by atoms with Gasteiger partial charge in [-0.15, -0.1) is 0 Å². The Kier molecular flexibility index (Phi) is 7.12. The molecule has 3 rings (SSSR count). The van der Waals surface area contributed by atoms with E-state index in [4.69, 9.17) is 21.1 Å². The Morgan fingerprint density at radius 3 is 2.44 bits per heavy atom. The summed E-state index contributed by atoms with van der Waals surface area (Å²) in [6.07, 6.45) is 0.446. The van der Waals surface area contributed by atoms with Crippen molar-refractivity contribution < 1.29 is 27.5 Å². The summed E-state index contributed by atoms with van der Waals surface area (Å²) in [5, 5.41) is 3.15. The maximum Gasteiger partial charge on any atom is 0.339 e. The predicted molar refractivity (Wildman–Crippen MR) is 121 cm³/mol. The Morgan fingerprint density at radius 2 is 1.81 bits per heavy atom. The van der Waals surface area contributed by atoms with Gasteiger partial charge >= 0.3 is 5.97 Å². The zero-order valence-electron chi connectivity index (χ0n) is 18.2. The molecule has 0 spiro atoms. The molecule has 10 heteroatoms. The molecule has 0 bridgehead atoms. The highest BCUT2D eigenvalue weighted by atomic mass is 35.5. The highest BCUT2D eigenvalue weighted by Gasteiger charge is 2.29. The summed E-state index contributed by atoms with van der Waals surface area (Å²) in [4.78, 5) is 25.3. The van der Waals surface area contributed by atoms with E-state index in [0.29, 0.717) is 22.0 Å². The minimum atomic E-state index is -3.73. The zero-order chi connectivity index (χ0) is 23.6. The molecule has 172 valence electrons. The molecule has 1 unspecified atom stereocenters. The molecule has 0 radical (unpaired) electrons. The van der Waals surface area contributed by atoms with Crippen LogP contribution in [-0.4, -0.2) is 39.5 Å². The van der Waals surface area contributed by atoms with Crippen LogP contribution < -0.4 is 14.8 Å². The van der Waals surface area contributed by atoms with Gasteiger partial charge in [-0.1, -0.05) is 17.7 Å². The Balaban J connectivity index is 1.73. The number of carbonyl (C=O) groups is 2. The molecule has 1 amide bonds. The molecule has 2 N–H and O–H groups in total. The standard InChI is InChI=1S/C22H25ClN2O6S/c1-12-5-8-16(32(28,29)25-15-6-7-15)10-17(12)22(27)31-14(3)21(26)24-19-9-13(2)18(23)11-20(19)30-4/h5,8-11,14-15,25H,6-7H2,1-4H3,(H,24,26). The normalized spacial score (nSPS) is 14.5. The molecule has 1 saturated carbocycles. The number of anilines is 1. The van der Waals surface area contributed by atoms with Crippen molar-refractivity contribution in [3.63, 3.8) is 0 Å². The number of sulfonamides is 1. The molecule has 1 fully saturated rings. The van der Waals surface area contributed by atoms with E-state index >= 15 is 0 Å². The van der Waals surface area contributed by atoms with Crippen molar-refractivity contribution in [1.82, 2.24) is 4.72 Å². The SMILES string of the molecule is COc1cc(Cl)c(C)cc1NC(=O)C(C)OC(=O)c1cc(S(=O)(=O)NC2CC2)ccc1C. The largest absolute Gasteiger partial charge is 0.495 e. The van der Waals surface area contributed by atoms with Crippen molar-refractivity contribution in [2.24, 2.45) is 0 Å². The van der Waals surface area contributed by atoms with Crippen molar-refractivity contribution in [3.05, 3.63) is 52.0 Å². The highest BCUT2D eigenvalue weighted by molar-refractivity contribution is 7.89. The first-order chi connectivity index (χ1) is 15.0. The van der Waals surface area contributed by atoms with Crippen LogP contribution in [0.1, 0.15) is 41.3 Å². The maximum atomic E-state index is 12.7. The average Bonchev–Trinajstić information content (AvgIpc) is 3.53. The lowest BCUT2D eigenvalue weighted by molar-refractivity contribution is -0.123. The molecule has 0 aromatic heterocycles. The van der Waals surface area contributed by atoms with Crippen LogP contribution >= 0.6 is 11.6 Å². The minimum absolute atomic E-state index is 0.0274. The number of amides is 1. The Morgan fingerprint density at radius 1 is 1.12 bits per heavy atom. The van der Waals surface area contributed by atoms with Crippen LogP contribution in [0, 0.1) is 13.8 Å². The molecule has 0 heterocycles. The number of esters is 1. The molecule has 8 nitrogen and oxygen atoms in total. The molecule has 0 aliphatic heterocycles. The summed E-state index contributed by atoms with van der Waals surface area (Å²) in [5.74, 6) is -1.01. The van der Waals surface area contributed by atoms with E-state index in [1.807, 2.05) is 0 Å². The number of aryl methyl sites for hydroxylation is 2. The fourth-order valence-corrected chi connectivity index (χ4v) is 4.40. The molecule has 0 saturated heterocycles. The zero-order valence-corrected chi connectivity index (χ0v) is 19.8. The van der Waals surface area contributed by atoms with E-state index < -0.39 is 28.0 Å². The first-order valence-electron chi connectivity index (χ1n) is 10.0. The third-order valence-electron chi connectivity index (χ3n) is 5.03. The van der Waals surface area contributed by atoms with Crippen molar-refractivity contribution in [2.75, 3.05) is 12.4 Å². The third-order valence-corrected chi connectivity index (χ3v) is 6.96. The van der Waals surface area contributed by atoms with Crippen LogP contribution in [0.3, 0.4) is 0 Å².